The summed E-state index contributed by atoms with van der Waals surface area (Å²) in [5.41, 5.74) is 1.46. The Bertz CT molecular complexity index is 253. The Morgan fingerprint density at radius 1 is 0.824 bits per heavy atom. The summed E-state index contributed by atoms with van der Waals surface area (Å²) < 4.78 is 1.20. The molecule has 0 aliphatic rings. The molecule has 0 fully saturated rings. The molecule has 0 aliphatic carbocycles. The Morgan fingerprint density at radius 3 is 1.59 bits per heavy atom. The van der Waals surface area contributed by atoms with Gasteiger partial charge >= 0.3 is 0 Å². The molecule has 0 heterocycles. The number of quaternary nitrogens is 2. The average Bonchev–Trinajstić information content (AvgIpc) is 2.28. The molecule has 0 amide bonds. The minimum atomic E-state index is 0. The Hall–Kier alpha value is 0.600. The van der Waals surface area contributed by atoms with Crippen LogP contribution in [-0.4, -0.2) is 24.1 Å². The van der Waals surface area contributed by atoms with Crippen molar-refractivity contribution in [1.82, 2.24) is 6.15 Å². The Morgan fingerprint density at radius 2 is 1.24 bits per heavy atom. The number of halogens is 2. The smallest absolute Gasteiger partial charge is 0.104 e. The lowest BCUT2D eigenvalue weighted by Gasteiger charge is -2.35. The molecule has 0 aromatic heterocycles. The quantitative estimate of drug-likeness (QED) is 0.369. The number of benzene rings is 1. The molecule has 4 N–H and O–H groups in total. The van der Waals surface area contributed by atoms with Crippen LogP contribution < -0.4 is 54.1 Å². The first kappa shape index (κ1) is 22.8. The molecule has 0 spiro atoms. The van der Waals surface area contributed by atoms with E-state index in [0.717, 1.165) is 0 Å². The van der Waals surface area contributed by atoms with E-state index in [0.29, 0.717) is 0 Å². The van der Waals surface area contributed by atoms with Gasteiger partial charge < -0.3 is 58.6 Å². The van der Waals surface area contributed by atoms with Gasteiger partial charge in [0.15, 0.2) is 0 Å². The number of hydrogen-bond donors (Lipinski definition) is 1. The summed E-state index contributed by atoms with van der Waals surface area (Å²) in [4.78, 5) is 0. The fourth-order valence-electron chi connectivity index (χ4n) is 1.98. The highest BCUT2D eigenvalue weighted by Gasteiger charge is 2.20. The van der Waals surface area contributed by atoms with E-state index in [1.807, 2.05) is 0 Å². The predicted octanol–water partition coefficient (Wildman–Crippen LogP) is -2.55. The van der Waals surface area contributed by atoms with Crippen LogP contribution in [-0.2, 0) is 6.54 Å². The van der Waals surface area contributed by atoms with E-state index < -0.39 is 0 Å². The normalized spacial score (nSPS) is 9.59. The van der Waals surface area contributed by atoms with Gasteiger partial charge in [0.25, 0.3) is 0 Å². The summed E-state index contributed by atoms with van der Waals surface area (Å²) in [6.07, 6.45) is 0. The van der Waals surface area contributed by atoms with Crippen LogP contribution in [0.2, 0.25) is 0 Å². The van der Waals surface area contributed by atoms with Gasteiger partial charge in [0.2, 0.25) is 0 Å². The fraction of sp³-hybridized carbons (Fsp3) is 0.538. The molecular formula is C13H26I2N2. The minimum Gasteiger partial charge on any atom is -1.00 e. The Balaban J connectivity index is -0.000000653. The third-order valence-corrected chi connectivity index (χ3v) is 3.37. The molecule has 1 rings (SSSR count). The molecule has 102 valence electrons. The van der Waals surface area contributed by atoms with Gasteiger partial charge in [-0.15, -0.1) is 0 Å². The third kappa shape index (κ3) is 6.93. The molecule has 0 aliphatic heterocycles. The molecule has 0 saturated carbocycles. The van der Waals surface area contributed by atoms with E-state index in [1.165, 1.54) is 36.2 Å². The van der Waals surface area contributed by atoms with Crippen LogP contribution in [0.15, 0.2) is 30.3 Å². The molecule has 17 heavy (non-hydrogen) atoms. The second-order valence-corrected chi connectivity index (χ2v) is 3.93. The molecule has 1 aromatic carbocycles. The SMILES string of the molecule is CC[N+](CC)(CC)Cc1ccccc1.[I-].[I-].[NH4+]. The second-order valence-electron chi connectivity index (χ2n) is 3.93. The van der Waals surface area contributed by atoms with Gasteiger partial charge in [0.05, 0.1) is 19.6 Å². The molecule has 0 atom stereocenters. The molecule has 1 aromatic rings. The lowest BCUT2D eigenvalue weighted by molar-refractivity contribution is -0.936. The number of nitrogens with zero attached hydrogens (tertiary/aromatic N) is 1. The predicted molar refractivity (Wildman–Crippen MR) is 68.0 cm³/mol. The maximum absolute atomic E-state index is 2.29. The molecular weight excluding hydrogens is 438 g/mol. The zero-order chi connectivity index (χ0) is 10.4. The highest BCUT2D eigenvalue weighted by molar-refractivity contribution is 5.13. The monoisotopic (exact) mass is 464 g/mol. The van der Waals surface area contributed by atoms with Crippen molar-refractivity contribution >= 4 is 0 Å². The highest BCUT2D eigenvalue weighted by Crippen LogP contribution is 2.13. The van der Waals surface area contributed by atoms with Crippen LogP contribution in [0.4, 0.5) is 0 Å². The van der Waals surface area contributed by atoms with Crippen LogP contribution >= 0.6 is 0 Å². The molecule has 0 saturated heterocycles. The van der Waals surface area contributed by atoms with Gasteiger partial charge in [-0.05, 0) is 20.8 Å². The zero-order valence-corrected chi connectivity index (χ0v) is 15.7. The highest BCUT2D eigenvalue weighted by atomic mass is 127. The molecule has 4 heteroatoms. The lowest BCUT2D eigenvalue weighted by atomic mass is 10.2. The van der Waals surface area contributed by atoms with Crippen LogP contribution in [0.1, 0.15) is 26.3 Å². The molecule has 0 radical (unpaired) electrons. The maximum Gasteiger partial charge on any atom is 0.104 e. The minimum absolute atomic E-state index is 0. The van der Waals surface area contributed by atoms with E-state index in [1.54, 1.807) is 0 Å². The van der Waals surface area contributed by atoms with Crippen molar-refractivity contribution in [2.75, 3.05) is 19.6 Å². The fourth-order valence-corrected chi connectivity index (χ4v) is 1.98. The average molecular weight is 464 g/mol. The van der Waals surface area contributed by atoms with Crippen molar-refractivity contribution in [2.45, 2.75) is 27.3 Å². The van der Waals surface area contributed by atoms with E-state index in [2.05, 4.69) is 51.1 Å². The van der Waals surface area contributed by atoms with Crippen molar-refractivity contribution in [3.05, 3.63) is 35.9 Å². The van der Waals surface area contributed by atoms with E-state index in [-0.39, 0.29) is 54.1 Å². The summed E-state index contributed by atoms with van der Waals surface area (Å²) in [6.45, 7) is 11.7. The molecule has 0 unspecified atom stereocenters. The first-order valence-electron chi connectivity index (χ1n) is 5.65. The van der Waals surface area contributed by atoms with Crippen molar-refractivity contribution in [2.24, 2.45) is 0 Å². The first-order chi connectivity index (χ1) is 6.76. The summed E-state index contributed by atoms with van der Waals surface area (Å²) in [5.74, 6) is 0. The first-order valence-corrected chi connectivity index (χ1v) is 5.65. The summed E-state index contributed by atoms with van der Waals surface area (Å²) in [5, 5.41) is 0. The lowest BCUT2D eigenvalue weighted by Crippen LogP contribution is -3.00. The Kier molecular flexibility index (Phi) is 15.6. The summed E-state index contributed by atoms with van der Waals surface area (Å²) in [7, 11) is 0. The molecule has 0 bridgehead atoms. The van der Waals surface area contributed by atoms with Gasteiger partial charge in [-0.1, -0.05) is 30.3 Å². The molecule has 2 nitrogen and oxygen atoms in total. The van der Waals surface area contributed by atoms with E-state index in [4.69, 9.17) is 0 Å². The van der Waals surface area contributed by atoms with Gasteiger partial charge in [-0.25, -0.2) is 0 Å². The van der Waals surface area contributed by atoms with E-state index in [9.17, 15) is 0 Å². The summed E-state index contributed by atoms with van der Waals surface area (Å²) in [6, 6.07) is 10.8. The van der Waals surface area contributed by atoms with Gasteiger partial charge in [0.1, 0.15) is 6.54 Å². The largest absolute Gasteiger partial charge is 1.00 e. The summed E-state index contributed by atoms with van der Waals surface area (Å²) >= 11 is 0. The third-order valence-electron chi connectivity index (χ3n) is 3.37. The maximum atomic E-state index is 2.29. The van der Waals surface area contributed by atoms with E-state index >= 15 is 0 Å². The Labute approximate surface area is 140 Å². The number of hydrogen-bond acceptors (Lipinski definition) is 0. The van der Waals surface area contributed by atoms with Gasteiger partial charge in [0, 0.05) is 5.56 Å². The van der Waals surface area contributed by atoms with Crippen molar-refractivity contribution in [3.8, 4) is 0 Å². The number of rotatable bonds is 5. The van der Waals surface area contributed by atoms with Crippen molar-refractivity contribution in [1.29, 1.82) is 0 Å². The van der Waals surface area contributed by atoms with Crippen molar-refractivity contribution in [3.63, 3.8) is 0 Å². The van der Waals surface area contributed by atoms with Gasteiger partial charge in [-0.2, -0.15) is 0 Å². The second kappa shape index (κ2) is 11.7. The van der Waals surface area contributed by atoms with Crippen molar-refractivity contribution < 1.29 is 52.4 Å². The van der Waals surface area contributed by atoms with Crippen LogP contribution in [0, 0.1) is 0 Å². The van der Waals surface area contributed by atoms with Crippen LogP contribution in [0.3, 0.4) is 0 Å². The van der Waals surface area contributed by atoms with Gasteiger partial charge in [-0.3, -0.25) is 0 Å². The standard InChI is InChI=1S/C13H22N.2HI.H3N/c1-4-14(5-2,6-3)12-13-10-8-7-9-11-13;;;/h7-11H,4-6,12H2,1-3H3;2*1H;1H3/q+1;;;/p-1. The topological polar surface area (TPSA) is 36.5 Å². The van der Waals surface area contributed by atoms with Crippen LogP contribution in [0.25, 0.3) is 0 Å². The zero-order valence-electron chi connectivity index (χ0n) is 11.4. The van der Waals surface area contributed by atoms with Crippen LogP contribution in [0.5, 0.6) is 0 Å².